The molecule has 1 aromatic carbocycles. The van der Waals surface area contributed by atoms with E-state index >= 15 is 0 Å². The summed E-state index contributed by atoms with van der Waals surface area (Å²) in [5.74, 6) is 0.177. The molecule has 0 N–H and O–H groups in total. The Morgan fingerprint density at radius 2 is 2.11 bits per heavy atom. The topological polar surface area (TPSA) is 29.5 Å². The number of benzene rings is 1. The highest BCUT2D eigenvalue weighted by atomic mass is 79.9. The van der Waals surface area contributed by atoms with Crippen molar-refractivity contribution < 1.29 is 9.53 Å². The maximum absolute atomic E-state index is 12.4. The predicted molar refractivity (Wildman–Crippen MR) is 74.9 cm³/mol. The first-order valence-corrected chi connectivity index (χ1v) is 7.02. The van der Waals surface area contributed by atoms with Crippen LogP contribution in [-0.2, 0) is 4.74 Å². The molecule has 2 unspecified atom stereocenters. The SMILES string of the molecule is CC1CN(C(C)C(=O)c2ccc(Br)cc2)CCO1. The summed E-state index contributed by atoms with van der Waals surface area (Å²) in [6.45, 7) is 6.38. The van der Waals surface area contributed by atoms with Crippen LogP contribution in [0.1, 0.15) is 24.2 Å². The Morgan fingerprint density at radius 3 is 2.72 bits per heavy atom. The van der Waals surface area contributed by atoms with Crippen LogP contribution in [0.3, 0.4) is 0 Å². The first-order valence-electron chi connectivity index (χ1n) is 6.23. The highest BCUT2D eigenvalue weighted by Crippen LogP contribution is 2.16. The average molecular weight is 312 g/mol. The van der Waals surface area contributed by atoms with Gasteiger partial charge in [-0.05, 0) is 26.0 Å². The molecular formula is C14H18BrNO2. The lowest BCUT2D eigenvalue weighted by molar-refractivity contribution is -0.0277. The second-order valence-corrected chi connectivity index (χ2v) is 5.64. The van der Waals surface area contributed by atoms with E-state index in [4.69, 9.17) is 4.74 Å². The standard InChI is InChI=1S/C14H18BrNO2/c1-10-9-16(7-8-18-10)11(2)14(17)12-3-5-13(15)6-4-12/h3-6,10-11H,7-9H2,1-2H3. The van der Waals surface area contributed by atoms with Crippen molar-refractivity contribution in [2.24, 2.45) is 0 Å². The minimum Gasteiger partial charge on any atom is -0.376 e. The van der Waals surface area contributed by atoms with Gasteiger partial charge < -0.3 is 4.74 Å². The molecule has 18 heavy (non-hydrogen) atoms. The van der Waals surface area contributed by atoms with E-state index in [0.717, 1.165) is 23.1 Å². The van der Waals surface area contributed by atoms with E-state index in [1.807, 2.05) is 38.1 Å². The van der Waals surface area contributed by atoms with Crippen molar-refractivity contribution in [3.63, 3.8) is 0 Å². The summed E-state index contributed by atoms with van der Waals surface area (Å²) in [7, 11) is 0. The Bertz CT molecular complexity index is 418. The Kier molecular flexibility index (Phi) is 4.54. The molecule has 1 aliphatic rings. The molecule has 1 aromatic rings. The molecule has 0 amide bonds. The number of ether oxygens (including phenoxy) is 1. The molecule has 4 heteroatoms. The van der Waals surface area contributed by atoms with E-state index in [2.05, 4.69) is 20.8 Å². The zero-order valence-corrected chi connectivity index (χ0v) is 12.3. The van der Waals surface area contributed by atoms with Crippen LogP contribution in [0, 0.1) is 0 Å². The summed E-state index contributed by atoms with van der Waals surface area (Å²) in [4.78, 5) is 14.6. The second kappa shape index (κ2) is 5.95. The Labute approximate surface area is 116 Å². The van der Waals surface area contributed by atoms with Gasteiger partial charge in [-0.3, -0.25) is 9.69 Å². The van der Waals surface area contributed by atoms with Crippen molar-refractivity contribution in [3.8, 4) is 0 Å². The number of halogens is 1. The molecule has 0 saturated carbocycles. The van der Waals surface area contributed by atoms with Crippen LogP contribution >= 0.6 is 15.9 Å². The number of ketones is 1. The zero-order valence-electron chi connectivity index (χ0n) is 10.7. The third-order valence-electron chi connectivity index (χ3n) is 3.33. The van der Waals surface area contributed by atoms with E-state index in [-0.39, 0.29) is 17.9 Å². The summed E-state index contributed by atoms with van der Waals surface area (Å²) in [6.07, 6.45) is 0.207. The molecule has 98 valence electrons. The predicted octanol–water partition coefficient (Wildman–Crippen LogP) is 2.74. The Balaban J connectivity index is 2.06. The fourth-order valence-corrected chi connectivity index (χ4v) is 2.48. The number of rotatable bonds is 3. The van der Waals surface area contributed by atoms with Crippen LogP contribution in [-0.4, -0.2) is 42.5 Å². The molecule has 1 fully saturated rings. The largest absolute Gasteiger partial charge is 0.376 e. The lowest BCUT2D eigenvalue weighted by Crippen LogP contribution is -2.48. The third-order valence-corrected chi connectivity index (χ3v) is 3.86. The molecule has 0 spiro atoms. The minimum absolute atomic E-state index is 0.0856. The quantitative estimate of drug-likeness (QED) is 0.804. The number of hydrogen-bond acceptors (Lipinski definition) is 3. The van der Waals surface area contributed by atoms with E-state index in [9.17, 15) is 4.79 Å². The van der Waals surface area contributed by atoms with E-state index in [1.54, 1.807) is 0 Å². The molecule has 1 aliphatic heterocycles. The van der Waals surface area contributed by atoms with Gasteiger partial charge in [-0.25, -0.2) is 0 Å². The maximum atomic E-state index is 12.4. The number of carbonyl (C=O) groups excluding carboxylic acids is 1. The summed E-state index contributed by atoms with van der Waals surface area (Å²) < 4.78 is 6.49. The number of hydrogen-bond donors (Lipinski definition) is 0. The van der Waals surface area contributed by atoms with Gasteiger partial charge >= 0.3 is 0 Å². The third kappa shape index (κ3) is 3.19. The van der Waals surface area contributed by atoms with Crippen molar-refractivity contribution >= 4 is 21.7 Å². The van der Waals surface area contributed by atoms with Gasteiger partial charge in [0, 0.05) is 23.1 Å². The lowest BCUT2D eigenvalue weighted by Gasteiger charge is -2.34. The van der Waals surface area contributed by atoms with Crippen molar-refractivity contribution in [2.75, 3.05) is 19.7 Å². The van der Waals surface area contributed by atoms with Crippen molar-refractivity contribution in [2.45, 2.75) is 26.0 Å². The van der Waals surface area contributed by atoms with E-state index < -0.39 is 0 Å². The second-order valence-electron chi connectivity index (χ2n) is 4.72. The van der Waals surface area contributed by atoms with Crippen LogP contribution in [0.15, 0.2) is 28.7 Å². The van der Waals surface area contributed by atoms with Gasteiger partial charge in [-0.1, -0.05) is 28.1 Å². The number of morpholine rings is 1. The van der Waals surface area contributed by atoms with Gasteiger partial charge in [-0.2, -0.15) is 0 Å². The first kappa shape index (κ1) is 13.7. The van der Waals surface area contributed by atoms with Crippen molar-refractivity contribution in [1.82, 2.24) is 4.90 Å². The van der Waals surface area contributed by atoms with Gasteiger partial charge in [0.15, 0.2) is 5.78 Å². The molecule has 1 heterocycles. The van der Waals surface area contributed by atoms with Gasteiger partial charge in [-0.15, -0.1) is 0 Å². The van der Waals surface area contributed by atoms with Crippen LogP contribution < -0.4 is 0 Å². The van der Waals surface area contributed by atoms with Crippen LogP contribution in [0.4, 0.5) is 0 Å². The molecule has 2 rings (SSSR count). The lowest BCUT2D eigenvalue weighted by atomic mass is 10.0. The fraction of sp³-hybridized carbons (Fsp3) is 0.500. The maximum Gasteiger partial charge on any atom is 0.179 e. The molecule has 0 bridgehead atoms. The van der Waals surface area contributed by atoms with E-state index in [1.165, 1.54) is 0 Å². The van der Waals surface area contributed by atoms with Crippen molar-refractivity contribution in [3.05, 3.63) is 34.3 Å². The van der Waals surface area contributed by atoms with Crippen LogP contribution in [0.5, 0.6) is 0 Å². The Morgan fingerprint density at radius 1 is 1.44 bits per heavy atom. The highest BCUT2D eigenvalue weighted by Gasteiger charge is 2.26. The van der Waals surface area contributed by atoms with Gasteiger partial charge in [0.2, 0.25) is 0 Å². The number of Topliss-reactive ketones (excluding diaryl/α,β-unsaturated/α-hetero) is 1. The van der Waals surface area contributed by atoms with Crippen LogP contribution in [0.25, 0.3) is 0 Å². The monoisotopic (exact) mass is 311 g/mol. The smallest absolute Gasteiger partial charge is 0.179 e. The van der Waals surface area contributed by atoms with Gasteiger partial charge in [0.05, 0.1) is 18.8 Å². The highest BCUT2D eigenvalue weighted by molar-refractivity contribution is 9.10. The number of carbonyl (C=O) groups is 1. The molecule has 0 radical (unpaired) electrons. The number of nitrogens with zero attached hydrogens (tertiary/aromatic N) is 1. The summed E-state index contributed by atoms with van der Waals surface area (Å²) in [5.41, 5.74) is 0.768. The molecule has 1 saturated heterocycles. The average Bonchev–Trinajstić information content (AvgIpc) is 2.38. The summed E-state index contributed by atoms with van der Waals surface area (Å²) >= 11 is 3.38. The molecule has 0 aliphatic carbocycles. The molecule has 2 atom stereocenters. The Hall–Kier alpha value is -0.710. The molecular weight excluding hydrogens is 294 g/mol. The first-order chi connectivity index (χ1) is 8.58. The fourth-order valence-electron chi connectivity index (χ4n) is 2.22. The molecule has 3 nitrogen and oxygen atoms in total. The van der Waals surface area contributed by atoms with Gasteiger partial charge in [0.1, 0.15) is 0 Å². The summed E-state index contributed by atoms with van der Waals surface area (Å²) in [5, 5.41) is 0. The minimum atomic E-state index is -0.0856. The summed E-state index contributed by atoms with van der Waals surface area (Å²) in [6, 6.07) is 7.46. The van der Waals surface area contributed by atoms with E-state index in [0.29, 0.717) is 6.61 Å². The van der Waals surface area contributed by atoms with Crippen LogP contribution in [0.2, 0.25) is 0 Å². The van der Waals surface area contributed by atoms with Crippen molar-refractivity contribution in [1.29, 1.82) is 0 Å². The zero-order chi connectivity index (χ0) is 13.1. The van der Waals surface area contributed by atoms with Gasteiger partial charge in [0.25, 0.3) is 0 Å². The normalized spacial score (nSPS) is 22.7. The molecule has 0 aromatic heterocycles.